The molecule has 0 fully saturated rings. The fraction of sp³-hybridized carbons (Fsp3) is 0.0714. The molecule has 0 unspecified atom stereocenters. The third-order valence-electron chi connectivity index (χ3n) is 2.65. The van der Waals surface area contributed by atoms with E-state index in [0.717, 1.165) is 36.4 Å². The van der Waals surface area contributed by atoms with Gasteiger partial charge >= 0.3 is 6.18 Å². The molecule has 0 aliphatic rings. The van der Waals surface area contributed by atoms with Crippen LogP contribution in [0.25, 0.3) is 0 Å². The van der Waals surface area contributed by atoms with Gasteiger partial charge in [0.05, 0.1) is 11.1 Å². The summed E-state index contributed by atoms with van der Waals surface area (Å²) in [4.78, 5) is 11.9. The molecule has 0 heterocycles. The lowest BCUT2D eigenvalue weighted by atomic mass is 10.0. The molecule has 2 aromatic rings. The number of alkyl halides is 3. The van der Waals surface area contributed by atoms with E-state index in [1.54, 1.807) is 0 Å². The van der Waals surface area contributed by atoms with E-state index in [1.807, 2.05) is 0 Å². The monoisotopic (exact) mass is 286 g/mol. The van der Waals surface area contributed by atoms with Gasteiger partial charge in [-0.2, -0.15) is 13.2 Å². The van der Waals surface area contributed by atoms with Crippen molar-refractivity contribution in [2.24, 2.45) is 0 Å². The van der Waals surface area contributed by atoms with Crippen molar-refractivity contribution in [3.63, 3.8) is 0 Å². The highest BCUT2D eigenvalue weighted by atomic mass is 19.4. The molecular weight excluding hydrogens is 279 g/mol. The van der Waals surface area contributed by atoms with Gasteiger partial charge in [-0.25, -0.2) is 8.78 Å². The number of carbonyl (C=O) groups excluding carboxylic acids is 1. The minimum atomic E-state index is -4.61. The molecule has 0 N–H and O–H groups in total. The molecule has 0 amide bonds. The zero-order valence-corrected chi connectivity index (χ0v) is 9.84. The van der Waals surface area contributed by atoms with Gasteiger partial charge in [0.1, 0.15) is 0 Å². The van der Waals surface area contributed by atoms with E-state index in [2.05, 4.69) is 0 Å². The Labute approximate surface area is 110 Å². The van der Waals surface area contributed by atoms with Crippen LogP contribution in [-0.4, -0.2) is 5.78 Å². The zero-order valence-electron chi connectivity index (χ0n) is 9.84. The van der Waals surface area contributed by atoms with Gasteiger partial charge in [-0.15, -0.1) is 0 Å². The Morgan fingerprint density at radius 3 is 2.25 bits per heavy atom. The van der Waals surface area contributed by atoms with Gasteiger partial charge in [0, 0.05) is 5.56 Å². The first kappa shape index (κ1) is 14.2. The molecule has 0 radical (unpaired) electrons. The van der Waals surface area contributed by atoms with Gasteiger partial charge in [0.15, 0.2) is 17.4 Å². The third kappa shape index (κ3) is 2.68. The van der Waals surface area contributed by atoms with Gasteiger partial charge in [0.25, 0.3) is 0 Å². The minimum absolute atomic E-state index is 0.357. The van der Waals surface area contributed by atoms with Crippen LogP contribution < -0.4 is 0 Å². The minimum Gasteiger partial charge on any atom is -0.288 e. The van der Waals surface area contributed by atoms with Crippen molar-refractivity contribution in [1.82, 2.24) is 0 Å². The number of ketones is 1. The number of hydrogen-bond donors (Lipinski definition) is 0. The van der Waals surface area contributed by atoms with Crippen molar-refractivity contribution in [3.05, 3.63) is 70.8 Å². The maximum absolute atomic E-state index is 13.5. The number of carbonyl (C=O) groups is 1. The highest BCUT2D eigenvalue weighted by Gasteiger charge is 2.31. The van der Waals surface area contributed by atoms with E-state index in [-0.39, 0.29) is 5.56 Å². The molecule has 0 spiro atoms. The van der Waals surface area contributed by atoms with E-state index < -0.39 is 34.7 Å². The van der Waals surface area contributed by atoms with Crippen LogP contribution >= 0.6 is 0 Å². The molecule has 104 valence electrons. The maximum atomic E-state index is 13.5. The maximum Gasteiger partial charge on any atom is 0.416 e. The average Bonchev–Trinajstić information content (AvgIpc) is 2.40. The first-order valence-electron chi connectivity index (χ1n) is 5.46. The normalized spacial score (nSPS) is 11.4. The van der Waals surface area contributed by atoms with Crippen molar-refractivity contribution in [2.75, 3.05) is 0 Å². The molecule has 0 saturated carbocycles. The predicted molar refractivity (Wildman–Crippen MR) is 61.2 cm³/mol. The van der Waals surface area contributed by atoms with Crippen LogP contribution in [0.1, 0.15) is 21.5 Å². The smallest absolute Gasteiger partial charge is 0.288 e. The molecular formula is C14H7F5O. The highest BCUT2D eigenvalue weighted by Crippen LogP contribution is 2.30. The summed E-state index contributed by atoms with van der Waals surface area (Å²) in [6.07, 6.45) is -4.61. The molecule has 0 aromatic heterocycles. The number of rotatable bonds is 2. The second-order valence-corrected chi connectivity index (χ2v) is 4.01. The van der Waals surface area contributed by atoms with Gasteiger partial charge in [-0.3, -0.25) is 4.79 Å². The SMILES string of the molecule is O=C(c1cccc(C(F)(F)F)c1)c1cccc(F)c1F. The van der Waals surface area contributed by atoms with Crippen molar-refractivity contribution >= 4 is 5.78 Å². The fourth-order valence-corrected chi connectivity index (χ4v) is 1.67. The van der Waals surface area contributed by atoms with E-state index in [1.165, 1.54) is 0 Å². The fourth-order valence-electron chi connectivity index (χ4n) is 1.67. The molecule has 0 aliphatic carbocycles. The van der Waals surface area contributed by atoms with Crippen LogP contribution in [0, 0.1) is 11.6 Å². The van der Waals surface area contributed by atoms with Crippen molar-refractivity contribution < 1.29 is 26.7 Å². The van der Waals surface area contributed by atoms with Crippen LogP contribution in [0.15, 0.2) is 42.5 Å². The summed E-state index contributed by atoms with van der Waals surface area (Å²) < 4.78 is 64.1. The molecule has 1 nitrogen and oxygen atoms in total. The van der Waals surface area contributed by atoms with Crippen LogP contribution in [0.5, 0.6) is 0 Å². The van der Waals surface area contributed by atoms with Crippen molar-refractivity contribution in [3.8, 4) is 0 Å². The Bertz CT molecular complexity index is 661. The van der Waals surface area contributed by atoms with Crippen molar-refractivity contribution in [1.29, 1.82) is 0 Å². The van der Waals surface area contributed by atoms with E-state index in [4.69, 9.17) is 0 Å². The molecule has 0 saturated heterocycles. The van der Waals surface area contributed by atoms with Gasteiger partial charge in [-0.05, 0) is 24.3 Å². The molecule has 2 aromatic carbocycles. The first-order chi connectivity index (χ1) is 9.30. The van der Waals surface area contributed by atoms with Crippen LogP contribution in [0.4, 0.5) is 22.0 Å². The molecule has 6 heteroatoms. The molecule has 0 bridgehead atoms. The second-order valence-electron chi connectivity index (χ2n) is 4.01. The Morgan fingerprint density at radius 1 is 0.950 bits per heavy atom. The Kier molecular flexibility index (Phi) is 3.57. The summed E-state index contributed by atoms with van der Waals surface area (Å²) in [5, 5.41) is 0. The lowest BCUT2D eigenvalue weighted by molar-refractivity contribution is -0.137. The number of halogens is 5. The highest BCUT2D eigenvalue weighted by molar-refractivity contribution is 6.09. The summed E-state index contributed by atoms with van der Waals surface area (Å²) in [5.41, 5.74) is -1.99. The van der Waals surface area contributed by atoms with E-state index in [9.17, 15) is 26.7 Å². The van der Waals surface area contributed by atoms with Gasteiger partial charge in [-0.1, -0.05) is 18.2 Å². The number of benzene rings is 2. The standard InChI is InChI=1S/C14H7F5O/c15-11-6-2-5-10(12(11)16)13(20)8-3-1-4-9(7-8)14(17,18)19/h1-7H. The number of hydrogen-bond acceptors (Lipinski definition) is 1. The molecule has 0 atom stereocenters. The van der Waals surface area contributed by atoms with Crippen LogP contribution in [0.2, 0.25) is 0 Å². The summed E-state index contributed by atoms with van der Waals surface area (Å²) in [6.45, 7) is 0. The Balaban J connectivity index is 2.47. The van der Waals surface area contributed by atoms with E-state index in [0.29, 0.717) is 6.07 Å². The topological polar surface area (TPSA) is 17.1 Å². The third-order valence-corrected chi connectivity index (χ3v) is 2.65. The molecule has 20 heavy (non-hydrogen) atoms. The van der Waals surface area contributed by atoms with Gasteiger partial charge in [0.2, 0.25) is 0 Å². The van der Waals surface area contributed by atoms with Crippen molar-refractivity contribution in [2.45, 2.75) is 6.18 Å². The Morgan fingerprint density at radius 2 is 1.60 bits per heavy atom. The Hall–Kier alpha value is -2.24. The lowest BCUT2D eigenvalue weighted by Gasteiger charge is -2.08. The quantitative estimate of drug-likeness (QED) is 0.597. The first-order valence-corrected chi connectivity index (χ1v) is 5.46. The summed E-state index contributed by atoms with van der Waals surface area (Å²) in [5.74, 6) is -3.62. The summed E-state index contributed by atoms with van der Waals surface area (Å²) >= 11 is 0. The summed E-state index contributed by atoms with van der Waals surface area (Å²) in [7, 11) is 0. The molecule has 2 rings (SSSR count). The second kappa shape index (κ2) is 5.03. The summed E-state index contributed by atoms with van der Waals surface area (Å²) in [6, 6.07) is 6.49. The van der Waals surface area contributed by atoms with Gasteiger partial charge < -0.3 is 0 Å². The zero-order chi connectivity index (χ0) is 14.9. The lowest BCUT2D eigenvalue weighted by Crippen LogP contribution is -2.09. The van der Waals surface area contributed by atoms with E-state index >= 15 is 0 Å². The predicted octanol–water partition coefficient (Wildman–Crippen LogP) is 4.21. The van der Waals surface area contributed by atoms with Crippen LogP contribution in [-0.2, 0) is 6.18 Å². The average molecular weight is 286 g/mol. The molecule has 0 aliphatic heterocycles. The van der Waals surface area contributed by atoms with Crippen LogP contribution in [0.3, 0.4) is 0 Å². The largest absolute Gasteiger partial charge is 0.416 e.